The zero-order chi connectivity index (χ0) is 25.4. The Balaban J connectivity index is 1.63. The van der Waals surface area contributed by atoms with Gasteiger partial charge in [-0.3, -0.25) is 4.79 Å². The van der Waals surface area contributed by atoms with Gasteiger partial charge in [0.1, 0.15) is 23.4 Å². The SMILES string of the molecule is CCCCCCCCCCCC(=O)O[C@@H]1Cc2c(O)cc(O)cc2O[C@@H]1c1cc(O)c(O)c(O)c1. The Labute approximate surface area is 205 Å². The summed E-state index contributed by atoms with van der Waals surface area (Å²) in [6, 6.07) is 4.95. The van der Waals surface area contributed by atoms with Gasteiger partial charge in [-0.2, -0.15) is 0 Å². The highest BCUT2D eigenvalue weighted by molar-refractivity contribution is 5.70. The number of benzene rings is 2. The van der Waals surface area contributed by atoms with Gasteiger partial charge in [0.15, 0.2) is 23.4 Å². The molecule has 1 aliphatic rings. The Hall–Kier alpha value is -3.29. The molecule has 35 heavy (non-hydrogen) atoms. The van der Waals surface area contributed by atoms with Crippen molar-refractivity contribution < 1.29 is 39.8 Å². The van der Waals surface area contributed by atoms with Crippen LogP contribution < -0.4 is 4.74 Å². The minimum atomic E-state index is -0.937. The van der Waals surface area contributed by atoms with Crippen molar-refractivity contribution >= 4 is 5.97 Å². The molecule has 2 aromatic rings. The first-order valence-electron chi connectivity index (χ1n) is 12.5. The van der Waals surface area contributed by atoms with Crippen molar-refractivity contribution in [1.82, 2.24) is 0 Å². The summed E-state index contributed by atoms with van der Waals surface area (Å²) in [4.78, 5) is 12.6. The van der Waals surface area contributed by atoms with Crippen LogP contribution in [0.3, 0.4) is 0 Å². The van der Waals surface area contributed by atoms with Crippen LogP contribution in [0, 0.1) is 0 Å². The van der Waals surface area contributed by atoms with Crippen molar-refractivity contribution in [3.63, 3.8) is 0 Å². The third kappa shape index (κ3) is 7.10. The predicted molar refractivity (Wildman–Crippen MR) is 130 cm³/mol. The molecule has 2 aromatic carbocycles. The number of carbonyl (C=O) groups is 1. The van der Waals surface area contributed by atoms with Gasteiger partial charge >= 0.3 is 5.97 Å². The van der Waals surface area contributed by atoms with Crippen LogP contribution >= 0.6 is 0 Å². The van der Waals surface area contributed by atoms with Crippen LogP contribution in [-0.4, -0.2) is 37.6 Å². The maximum absolute atomic E-state index is 12.6. The number of esters is 1. The molecule has 0 saturated heterocycles. The number of phenols is 5. The van der Waals surface area contributed by atoms with E-state index in [4.69, 9.17) is 9.47 Å². The van der Waals surface area contributed by atoms with Crippen LogP contribution in [0.2, 0.25) is 0 Å². The van der Waals surface area contributed by atoms with Gasteiger partial charge in [-0.25, -0.2) is 0 Å². The van der Waals surface area contributed by atoms with Crippen LogP contribution in [-0.2, 0) is 16.0 Å². The average Bonchev–Trinajstić information content (AvgIpc) is 2.81. The van der Waals surface area contributed by atoms with Gasteiger partial charge in [-0.15, -0.1) is 0 Å². The summed E-state index contributed by atoms with van der Waals surface area (Å²) in [6.45, 7) is 2.20. The van der Waals surface area contributed by atoms with E-state index in [1.807, 2.05) is 0 Å². The molecular weight excluding hydrogens is 452 g/mol. The van der Waals surface area contributed by atoms with Crippen molar-refractivity contribution in [3.05, 3.63) is 35.4 Å². The molecular formula is C27H36O8. The molecule has 8 nitrogen and oxygen atoms in total. The Morgan fingerprint density at radius 2 is 1.46 bits per heavy atom. The van der Waals surface area contributed by atoms with Crippen LogP contribution in [0.15, 0.2) is 24.3 Å². The summed E-state index contributed by atoms with van der Waals surface area (Å²) in [7, 11) is 0. The van der Waals surface area contributed by atoms with Crippen LogP contribution in [0.25, 0.3) is 0 Å². The molecule has 1 heterocycles. The van der Waals surface area contributed by atoms with E-state index in [1.165, 1.54) is 56.4 Å². The predicted octanol–water partition coefficient (Wildman–Crippen LogP) is 5.72. The molecule has 8 heteroatoms. The molecule has 0 aromatic heterocycles. The van der Waals surface area contributed by atoms with E-state index in [2.05, 4.69) is 6.92 Å². The molecule has 0 unspecified atom stereocenters. The molecule has 1 aliphatic heterocycles. The highest BCUT2D eigenvalue weighted by Crippen LogP contribution is 2.45. The fraction of sp³-hybridized carbons (Fsp3) is 0.519. The summed E-state index contributed by atoms with van der Waals surface area (Å²) >= 11 is 0. The molecule has 0 spiro atoms. The van der Waals surface area contributed by atoms with E-state index in [9.17, 15) is 30.3 Å². The lowest BCUT2D eigenvalue weighted by Crippen LogP contribution is -2.34. The van der Waals surface area contributed by atoms with E-state index >= 15 is 0 Å². The topological polar surface area (TPSA) is 137 Å². The highest BCUT2D eigenvalue weighted by atomic mass is 16.6. The van der Waals surface area contributed by atoms with Crippen molar-refractivity contribution in [2.45, 2.75) is 89.8 Å². The number of ether oxygens (including phenoxy) is 2. The Kier molecular flexibility index (Phi) is 9.34. The molecule has 0 saturated carbocycles. The normalized spacial score (nSPS) is 16.9. The summed E-state index contributed by atoms with van der Waals surface area (Å²) in [5, 5.41) is 49.7. The molecule has 3 rings (SSSR count). The zero-order valence-corrected chi connectivity index (χ0v) is 20.2. The van der Waals surface area contributed by atoms with Gasteiger partial charge in [0.05, 0.1) is 0 Å². The summed E-state index contributed by atoms with van der Waals surface area (Å²) in [6.07, 6.45) is 8.73. The molecule has 5 N–H and O–H groups in total. The highest BCUT2D eigenvalue weighted by Gasteiger charge is 2.36. The Morgan fingerprint density at radius 1 is 0.857 bits per heavy atom. The summed E-state index contributed by atoms with van der Waals surface area (Å²) in [5.74, 6) is -2.35. The van der Waals surface area contributed by atoms with Gasteiger partial charge in [0.25, 0.3) is 0 Å². The molecule has 2 atom stereocenters. The van der Waals surface area contributed by atoms with Crippen LogP contribution in [0.4, 0.5) is 0 Å². The minimum absolute atomic E-state index is 0.109. The first-order chi connectivity index (χ1) is 16.8. The molecule has 0 aliphatic carbocycles. The first-order valence-corrected chi connectivity index (χ1v) is 12.5. The number of phenolic OH excluding ortho intramolecular Hbond substituents is 5. The average molecular weight is 489 g/mol. The third-order valence-corrected chi connectivity index (χ3v) is 6.35. The third-order valence-electron chi connectivity index (χ3n) is 6.35. The number of carbonyl (C=O) groups excluding carboxylic acids is 1. The fourth-order valence-corrected chi connectivity index (χ4v) is 4.43. The maximum atomic E-state index is 12.6. The number of fused-ring (bicyclic) bond motifs is 1. The smallest absolute Gasteiger partial charge is 0.306 e. The minimum Gasteiger partial charge on any atom is -0.508 e. The van der Waals surface area contributed by atoms with Gasteiger partial charge in [-0.05, 0) is 18.6 Å². The van der Waals surface area contributed by atoms with Crippen LogP contribution in [0.1, 0.15) is 88.4 Å². The number of hydrogen-bond acceptors (Lipinski definition) is 8. The van der Waals surface area contributed by atoms with Gasteiger partial charge < -0.3 is 35.0 Å². The fourth-order valence-electron chi connectivity index (χ4n) is 4.43. The largest absolute Gasteiger partial charge is 0.508 e. The van der Waals surface area contributed by atoms with Gasteiger partial charge in [0.2, 0.25) is 0 Å². The van der Waals surface area contributed by atoms with E-state index < -0.39 is 35.4 Å². The second-order valence-electron chi connectivity index (χ2n) is 9.20. The van der Waals surface area contributed by atoms with Crippen molar-refractivity contribution in [3.8, 4) is 34.5 Å². The van der Waals surface area contributed by atoms with Crippen molar-refractivity contribution in [2.75, 3.05) is 0 Å². The zero-order valence-electron chi connectivity index (χ0n) is 20.2. The Bertz CT molecular complexity index is 980. The molecule has 0 amide bonds. The van der Waals surface area contributed by atoms with E-state index in [1.54, 1.807) is 0 Å². The van der Waals surface area contributed by atoms with Crippen LogP contribution in [0.5, 0.6) is 34.5 Å². The summed E-state index contributed by atoms with van der Waals surface area (Å²) < 4.78 is 11.7. The second-order valence-corrected chi connectivity index (χ2v) is 9.20. The van der Waals surface area contributed by atoms with E-state index in [0.717, 1.165) is 19.3 Å². The number of hydrogen-bond donors (Lipinski definition) is 5. The number of rotatable bonds is 12. The second kappa shape index (κ2) is 12.4. The standard InChI is InChI=1S/C27H36O8/c1-2-3-4-5-6-7-8-9-10-11-25(32)34-24-16-19-20(29)14-18(28)15-23(19)35-27(24)17-12-21(30)26(33)22(31)13-17/h12-15,24,27-31,33H,2-11,16H2,1H3/t24-,27-/m1/s1. The van der Waals surface area contributed by atoms with Crippen molar-refractivity contribution in [2.24, 2.45) is 0 Å². The van der Waals surface area contributed by atoms with Gasteiger partial charge in [-0.1, -0.05) is 58.3 Å². The molecule has 0 radical (unpaired) electrons. The lowest BCUT2D eigenvalue weighted by molar-refractivity contribution is -0.155. The number of aromatic hydroxyl groups is 5. The quantitative estimate of drug-likeness (QED) is 0.145. The van der Waals surface area contributed by atoms with Gasteiger partial charge in [0, 0.05) is 36.1 Å². The summed E-state index contributed by atoms with van der Waals surface area (Å²) in [5.41, 5.74) is 0.652. The number of unbranched alkanes of at least 4 members (excludes halogenated alkanes) is 8. The molecule has 0 bridgehead atoms. The molecule has 192 valence electrons. The first kappa shape index (κ1) is 26.3. The molecule has 0 fully saturated rings. The lowest BCUT2D eigenvalue weighted by Gasteiger charge is -2.34. The Morgan fingerprint density at radius 3 is 2.09 bits per heavy atom. The maximum Gasteiger partial charge on any atom is 0.306 e. The van der Waals surface area contributed by atoms with Crippen molar-refractivity contribution in [1.29, 1.82) is 0 Å². The van der Waals surface area contributed by atoms with E-state index in [-0.39, 0.29) is 35.7 Å². The monoisotopic (exact) mass is 488 g/mol. The van der Waals surface area contributed by atoms with E-state index in [0.29, 0.717) is 12.0 Å². The lowest BCUT2D eigenvalue weighted by atomic mass is 9.93.